The molecule has 168 valence electrons. The minimum Gasteiger partial charge on any atom is -0.507 e. The summed E-state index contributed by atoms with van der Waals surface area (Å²) in [7, 11) is -3.33. The Labute approximate surface area is 179 Å². The van der Waals surface area contributed by atoms with Gasteiger partial charge in [0.15, 0.2) is 0 Å². The van der Waals surface area contributed by atoms with E-state index in [1.54, 1.807) is 26.0 Å². The van der Waals surface area contributed by atoms with Crippen LogP contribution in [0.2, 0.25) is 0 Å². The number of nitrogens with one attached hydrogen (secondary N) is 1. The summed E-state index contributed by atoms with van der Waals surface area (Å²) in [6.45, 7) is 5.80. The van der Waals surface area contributed by atoms with Crippen molar-refractivity contribution in [3.63, 3.8) is 0 Å². The molecule has 0 unspecified atom stereocenters. The molecule has 0 amide bonds. The van der Waals surface area contributed by atoms with Crippen LogP contribution in [0.1, 0.15) is 108 Å². The number of phenolic OH excluding ortho intramolecular Hbond substituents is 1. The van der Waals surface area contributed by atoms with Gasteiger partial charge in [0.05, 0.1) is 5.75 Å². The van der Waals surface area contributed by atoms with Crippen molar-refractivity contribution in [2.45, 2.75) is 111 Å². The molecule has 0 aliphatic carbocycles. The zero-order chi connectivity index (χ0) is 21.5. The molecule has 0 heterocycles. The Kier molecular flexibility index (Phi) is 13.1. The topological polar surface area (TPSA) is 66.4 Å². The van der Waals surface area contributed by atoms with Gasteiger partial charge in [-0.25, -0.2) is 8.42 Å². The normalized spacial score (nSPS) is 11.7. The molecule has 29 heavy (non-hydrogen) atoms. The van der Waals surface area contributed by atoms with Crippen molar-refractivity contribution >= 4 is 15.7 Å². The smallest absolute Gasteiger partial charge is 0.232 e. The van der Waals surface area contributed by atoms with Gasteiger partial charge in [0.2, 0.25) is 10.0 Å². The molecule has 0 saturated carbocycles. The van der Waals surface area contributed by atoms with Crippen LogP contribution in [-0.2, 0) is 10.0 Å². The fourth-order valence-electron chi connectivity index (χ4n) is 3.73. The fourth-order valence-corrected chi connectivity index (χ4v) is 4.90. The lowest BCUT2D eigenvalue weighted by molar-refractivity contribution is 0.467. The van der Waals surface area contributed by atoms with Gasteiger partial charge in [0, 0.05) is 5.69 Å². The molecule has 1 rings (SSSR count). The van der Waals surface area contributed by atoms with Crippen LogP contribution in [0.25, 0.3) is 0 Å². The maximum Gasteiger partial charge on any atom is 0.232 e. The number of anilines is 1. The lowest BCUT2D eigenvalue weighted by Gasteiger charge is -2.11. The number of hydrogen-bond donors (Lipinski definition) is 2. The lowest BCUT2D eigenvalue weighted by Crippen LogP contribution is -2.16. The summed E-state index contributed by atoms with van der Waals surface area (Å²) >= 11 is 0. The van der Waals surface area contributed by atoms with Gasteiger partial charge in [-0.1, -0.05) is 90.4 Å². The second-order valence-corrected chi connectivity index (χ2v) is 10.3. The van der Waals surface area contributed by atoms with Crippen molar-refractivity contribution in [3.05, 3.63) is 23.3 Å². The minimum atomic E-state index is -3.33. The number of aryl methyl sites for hydroxylation is 2. The number of unbranched alkanes of at least 4 members (excludes halogenated alkanes) is 13. The first-order valence-corrected chi connectivity index (χ1v) is 13.3. The third-order valence-electron chi connectivity index (χ3n) is 5.53. The van der Waals surface area contributed by atoms with E-state index in [1.807, 2.05) is 0 Å². The highest BCUT2D eigenvalue weighted by Gasteiger charge is 2.12. The van der Waals surface area contributed by atoms with E-state index >= 15 is 0 Å². The first kappa shape index (κ1) is 25.8. The van der Waals surface area contributed by atoms with Crippen molar-refractivity contribution in [3.8, 4) is 5.75 Å². The minimum absolute atomic E-state index is 0.157. The van der Waals surface area contributed by atoms with Gasteiger partial charge in [0.25, 0.3) is 0 Å². The Morgan fingerprint density at radius 1 is 0.724 bits per heavy atom. The number of phenols is 1. The molecule has 0 atom stereocenters. The van der Waals surface area contributed by atoms with Crippen molar-refractivity contribution in [2.24, 2.45) is 0 Å². The van der Waals surface area contributed by atoms with Crippen LogP contribution in [0.3, 0.4) is 0 Å². The van der Waals surface area contributed by atoms with E-state index in [1.165, 1.54) is 70.6 Å². The Balaban J connectivity index is 2.04. The first-order chi connectivity index (χ1) is 13.9. The van der Waals surface area contributed by atoms with E-state index in [9.17, 15) is 13.5 Å². The monoisotopic (exact) mass is 425 g/mol. The zero-order valence-corrected chi connectivity index (χ0v) is 19.7. The number of hydrogen-bond acceptors (Lipinski definition) is 3. The molecular formula is C24H43NO3S. The maximum atomic E-state index is 12.3. The van der Waals surface area contributed by atoms with Gasteiger partial charge >= 0.3 is 0 Å². The van der Waals surface area contributed by atoms with E-state index in [4.69, 9.17) is 0 Å². The van der Waals surface area contributed by atoms with E-state index in [0.29, 0.717) is 23.2 Å². The highest BCUT2D eigenvalue weighted by atomic mass is 32.2. The van der Waals surface area contributed by atoms with Crippen LogP contribution in [-0.4, -0.2) is 19.3 Å². The van der Waals surface area contributed by atoms with Crippen LogP contribution < -0.4 is 4.72 Å². The van der Waals surface area contributed by atoms with Crippen LogP contribution in [0, 0.1) is 13.8 Å². The molecule has 0 fully saturated rings. The Bertz CT molecular complexity index is 648. The predicted molar refractivity (Wildman–Crippen MR) is 125 cm³/mol. The van der Waals surface area contributed by atoms with Gasteiger partial charge in [-0.05, 0) is 43.5 Å². The molecule has 0 spiro atoms. The summed E-state index contributed by atoms with van der Waals surface area (Å²) in [6, 6.07) is 3.34. The lowest BCUT2D eigenvalue weighted by atomic mass is 10.0. The largest absolute Gasteiger partial charge is 0.507 e. The van der Waals surface area contributed by atoms with Gasteiger partial charge < -0.3 is 5.11 Å². The van der Waals surface area contributed by atoms with Crippen molar-refractivity contribution in [2.75, 3.05) is 10.5 Å². The van der Waals surface area contributed by atoms with E-state index in [0.717, 1.165) is 12.8 Å². The average molecular weight is 426 g/mol. The summed E-state index contributed by atoms with van der Waals surface area (Å²) in [4.78, 5) is 0. The van der Waals surface area contributed by atoms with E-state index < -0.39 is 10.0 Å². The molecule has 1 aromatic rings. The summed E-state index contributed by atoms with van der Waals surface area (Å²) < 4.78 is 27.1. The Hall–Kier alpha value is -1.23. The molecule has 0 aliphatic heterocycles. The first-order valence-electron chi connectivity index (χ1n) is 11.7. The molecule has 0 aliphatic rings. The second kappa shape index (κ2) is 14.7. The summed E-state index contributed by atoms with van der Waals surface area (Å²) in [5, 5.41) is 9.80. The summed E-state index contributed by atoms with van der Waals surface area (Å²) in [5.74, 6) is 0.379. The highest BCUT2D eigenvalue weighted by molar-refractivity contribution is 7.92. The van der Waals surface area contributed by atoms with E-state index in [2.05, 4.69) is 11.6 Å². The third-order valence-corrected chi connectivity index (χ3v) is 6.90. The van der Waals surface area contributed by atoms with Gasteiger partial charge in [-0.15, -0.1) is 0 Å². The molecule has 2 N–H and O–H groups in total. The van der Waals surface area contributed by atoms with Crippen LogP contribution in [0.4, 0.5) is 5.69 Å². The van der Waals surface area contributed by atoms with Crippen LogP contribution in [0.15, 0.2) is 12.1 Å². The molecule has 0 aromatic heterocycles. The zero-order valence-electron chi connectivity index (χ0n) is 18.9. The molecule has 0 radical (unpaired) electrons. The van der Waals surface area contributed by atoms with Crippen molar-refractivity contribution in [1.82, 2.24) is 0 Å². The quantitative estimate of drug-likeness (QED) is 0.204. The molecule has 1 aromatic carbocycles. The maximum absolute atomic E-state index is 12.3. The van der Waals surface area contributed by atoms with E-state index in [-0.39, 0.29) is 11.5 Å². The van der Waals surface area contributed by atoms with Crippen molar-refractivity contribution in [1.29, 1.82) is 0 Å². The van der Waals surface area contributed by atoms with Crippen LogP contribution in [0.5, 0.6) is 5.75 Å². The fraction of sp³-hybridized carbons (Fsp3) is 0.750. The molecule has 5 heteroatoms. The van der Waals surface area contributed by atoms with Crippen molar-refractivity contribution < 1.29 is 13.5 Å². The van der Waals surface area contributed by atoms with Crippen LogP contribution >= 0.6 is 0 Å². The molecule has 4 nitrogen and oxygen atoms in total. The molecule has 0 saturated heterocycles. The Morgan fingerprint density at radius 2 is 1.10 bits per heavy atom. The van der Waals surface area contributed by atoms with Gasteiger partial charge in [0.1, 0.15) is 5.75 Å². The molecular weight excluding hydrogens is 382 g/mol. The van der Waals surface area contributed by atoms with Gasteiger partial charge in [-0.3, -0.25) is 4.72 Å². The standard InChI is InChI=1S/C24H43NO3S/c1-4-5-6-7-8-9-10-11-12-13-14-15-16-17-18-29(27,28)25-23-19-21(2)24(26)22(3)20-23/h19-20,25-26H,4-18H2,1-3H3. The molecule has 0 bridgehead atoms. The number of sulfonamides is 1. The second-order valence-electron chi connectivity index (χ2n) is 8.48. The number of rotatable bonds is 17. The highest BCUT2D eigenvalue weighted by Crippen LogP contribution is 2.26. The number of benzene rings is 1. The third kappa shape index (κ3) is 12.1. The summed E-state index contributed by atoms with van der Waals surface area (Å²) in [6.07, 6.45) is 17.6. The van der Waals surface area contributed by atoms with Gasteiger partial charge in [-0.2, -0.15) is 0 Å². The SMILES string of the molecule is CCCCCCCCCCCCCCCCS(=O)(=O)Nc1cc(C)c(O)c(C)c1. The number of aromatic hydroxyl groups is 1. The predicted octanol–water partition coefficient (Wildman–Crippen LogP) is 7.23. The summed E-state index contributed by atoms with van der Waals surface area (Å²) in [5.41, 5.74) is 1.89. The average Bonchev–Trinajstić information content (AvgIpc) is 2.66. The Morgan fingerprint density at radius 3 is 1.52 bits per heavy atom.